The Morgan fingerprint density at radius 2 is 2.25 bits per heavy atom. The van der Waals surface area contributed by atoms with Gasteiger partial charge in [-0.3, -0.25) is 9.59 Å². The summed E-state index contributed by atoms with van der Waals surface area (Å²) in [6.45, 7) is 1.03. The van der Waals surface area contributed by atoms with Gasteiger partial charge in [-0.1, -0.05) is 0 Å². The van der Waals surface area contributed by atoms with E-state index in [2.05, 4.69) is 5.32 Å². The van der Waals surface area contributed by atoms with Gasteiger partial charge in [0.15, 0.2) is 11.7 Å². The summed E-state index contributed by atoms with van der Waals surface area (Å²) >= 11 is 0. The Kier molecular flexibility index (Phi) is 4.65. The van der Waals surface area contributed by atoms with Crippen molar-refractivity contribution in [1.29, 1.82) is 5.26 Å². The summed E-state index contributed by atoms with van der Waals surface area (Å²) in [5.74, 6) is -2.40. The molecule has 0 rings (SSSR count). The first-order valence-corrected chi connectivity index (χ1v) is 3.42. The summed E-state index contributed by atoms with van der Waals surface area (Å²) < 4.78 is 0. The van der Waals surface area contributed by atoms with Crippen LogP contribution in [0.3, 0.4) is 0 Å². The molecule has 0 saturated heterocycles. The Bertz CT molecular complexity index is 219. The lowest BCUT2D eigenvalue weighted by Crippen LogP contribution is -2.35. The molecule has 0 fully saturated rings. The Hall–Kier alpha value is -1.41. The normalized spacial score (nSPS) is 11.4. The molecule has 0 aromatic carbocycles. The molecule has 12 heavy (non-hydrogen) atoms. The van der Waals surface area contributed by atoms with Crippen LogP contribution in [-0.2, 0) is 9.59 Å². The summed E-state index contributed by atoms with van der Waals surface area (Å²) in [7, 11) is 0. The topological polar surface area (TPSA) is 90.2 Å². The van der Waals surface area contributed by atoms with Crippen LogP contribution in [0.4, 0.5) is 0 Å². The number of hydrogen-bond acceptors (Lipinski definition) is 4. The molecule has 1 amide bonds. The minimum absolute atomic E-state index is 0.0598. The number of rotatable bonds is 4. The number of carbonyl (C=O) groups excluding carboxylic acids is 2. The highest BCUT2D eigenvalue weighted by Crippen LogP contribution is 1.95. The molecule has 66 valence electrons. The number of amides is 1. The molecule has 0 saturated carbocycles. The second-order valence-corrected chi connectivity index (χ2v) is 2.19. The number of nitriles is 1. The lowest BCUT2D eigenvalue weighted by atomic mass is 10.1. The van der Waals surface area contributed by atoms with Crippen LogP contribution < -0.4 is 5.32 Å². The molecule has 1 atom stereocenters. The lowest BCUT2D eigenvalue weighted by Gasteiger charge is -2.04. The van der Waals surface area contributed by atoms with Gasteiger partial charge in [-0.05, 0) is 6.92 Å². The minimum atomic E-state index is -1.25. The Balaban J connectivity index is 4.07. The van der Waals surface area contributed by atoms with Crippen molar-refractivity contribution in [2.45, 2.75) is 6.92 Å². The second kappa shape index (κ2) is 5.27. The third-order valence-electron chi connectivity index (χ3n) is 1.21. The van der Waals surface area contributed by atoms with Crippen molar-refractivity contribution in [3.8, 4) is 6.07 Å². The van der Waals surface area contributed by atoms with E-state index in [1.54, 1.807) is 6.07 Å². The van der Waals surface area contributed by atoms with Crippen LogP contribution in [0.2, 0.25) is 0 Å². The molecule has 0 aliphatic rings. The van der Waals surface area contributed by atoms with E-state index in [0.717, 1.165) is 0 Å². The van der Waals surface area contributed by atoms with Crippen LogP contribution in [0, 0.1) is 17.2 Å². The zero-order valence-electron chi connectivity index (χ0n) is 6.70. The number of nitrogens with one attached hydrogen (secondary N) is 1. The van der Waals surface area contributed by atoms with E-state index >= 15 is 0 Å². The Morgan fingerprint density at radius 3 is 2.58 bits per heavy atom. The van der Waals surface area contributed by atoms with Crippen molar-refractivity contribution in [2.24, 2.45) is 5.92 Å². The monoisotopic (exact) mass is 170 g/mol. The fourth-order valence-corrected chi connectivity index (χ4v) is 0.615. The van der Waals surface area contributed by atoms with Gasteiger partial charge in [-0.2, -0.15) is 5.26 Å². The van der Waals surface area contributed by atoms with E-state index in [-0.39, 0.29) is 13.2 Å². The highest BCUT2D eigenvalue weighted by molar-refractivity contribution is 6.02. The zero-order valence-corrected chi connectivity index (χ0v) is 6.70. The van der Waals surface area contributed by atoms with Gasteiger partial charge < -0.3 is 10.4 Å². The third-order valence-corrected chi connectivity index (χ3v) is 1.21. The smallest absolute Gasteiger partial charge is 0.245 e. The third kappa shape index (κ3) is 3.12. The molecule has 2 N–H and O–H groups in total. The summed E-state index contributed by atoms with van der Waals surface area (Å²) in [6, 6.07) is 1.57. The van der Waals surface area contributed by atoms with Crippen molar-refractivity contribution in [2.75, 3.05) is 13.2 Å². The standard InChI is InChI=1S/C7H10N2O3/c1-5(11)6(4-8)7(12)9-2-3-10/h6,10H,2-3H2,1H3,(H,9,12). The number of hydrogen-bond donors (Lipinski definition) is 2. The highest BCUT2D eigenvalue weighted by Gasteiger charge is 2.21. The molecule has 0 spiro atoms. The summed E-state index contributed by atoms with van der Waals surface area (Å²) in [5.41, 5.74) is 0. The molecule has 0 radical (unpaired) electrons. The van der Waals surface area contributed by atoms with Crippen LogP contribution >= 0.6 is 0 Å². The average Bonchev–Trinajstić information content (AvgIpc) is 2.01. The van der Waals surface area contributed by atoms with E-state index in [4.69, 9.17) is 10.4 Å². The number of nitrogens with zero attached hydrogens (tertiary/aromatic N) is 1. The molecular formula is C7H10N2O3. The molecule has 0 aliphatic heterocycles. The average molecular weight is 170 g/mol. The summed E-state index contributed by atoms with van der Waals surface area (Å²) in [4.78, 5) is 21.5. The van der Waals surface area contributed by atoms with Gasteiger partial charge in [0.05, 0.1) is 12.7 Å². The fourth-order valence-electron chi connectivity index (χ4n) is 0.615. The van der Waals surface area contributed by atoms with Crippen molar-refractivity contribution in [1.82, 2.24) is 5.32 Å². The number of ketones is 1. The van der Waals surface area contributed by atoms with Gasteiger partial charge >= 0.3 is 0 Å². The maximum Gasteiger partial charge on any atom is 0.245 e. The summed E-state index contributed by atoms with van der Waals surface area (Å²) in [6.07, 6.45) is 0. The van der Waals surface area contributed by atoms with Crippen LogP contribution in [-0.4, -0.2) is 29.9 Å². The van der Waals surface area contributed by atoms with Gasteiger partial charge in [0.2, 0.25) is 5.91 Å². The van der Waals surface area contributed by atoms with Crippen molar-refractivity contribution in [3.05, 3.63) is 0 Å². The minimum Gasteiger partial charge on any atom is -0.395 e. The first-order chi connectivity index (χ1) is 5.63. The van der Waals surface area contributed by atoms with E-state index in [0.29, 0.717) is 0 Å². The number of Topliss-reactive ketones (excluding diaryl/α,β-unsaturated/α-hetero) is 1. The van der Waals surface area contributed by atoms with E-state index in [9.17, 15) is 9.59 Å². The molecule has 0 aromatic heterocycles. The Morgan fingerprint density at radius 1 is 1.67 bits per heavy atom. The van der Waals surface area contributed by atoms with Crippen LogP contribution in [0.25, 0.3) is 0 Å². The van der Waals surface area contributed by atoms with E-state index in [1.807, 2.05) is 0 Å². The van der Waals surface area contributed by atoms with Gasteiger partial charge in [0.25, 0.3) is 0 Å². The van der Waals surface area contributed by atoms with Crippen molar-refractivity contribution >= 4 is 11.7 Å². The molecule has 0 heterocycles. The fraction of sp³-hybridized carbons (Fsp3) is 0.571. The molecule has 5 heteroatoms. The molecule has 5 nitrogen and oxygen atoms in total. The van der Waals surface area contributed by atoms with Gasteiger partial charge in [0, 0.05) is 6.54 Å². The number of aliphatic hydroxyl groups is 1. The van der Waals surface area contributed by atoms with E-state index < -0.39 is 17.6 Å². The van der Waals surface area contributed by atoms with Crippen LogP contribution in [0.5, 0.6) is 0 Å². The molecule has 0 aliphatic carbocycles. The lowest BCUT2D eigenvalue weighted by molar-refractivity contribution is -0.130. The maximum atomic E-state index is 10.9. The van der Waals surface area contributed by atoms with Crippen molar-refractivity contribution in [3.63, 3.8) is 0 Å². The predicted octanol–water partition coefficient (Wildman–Crippen LogP) is -1.18. The number of carbonyl (C=O) groups is 2. The SMILES string of the molecule is CC(=O)C(C#N)C(=O)NCCO. The van der Waals surface area contributed by atoms with Gasteiger partial charge in [-0.15, -0.1) is 0 Å². The first kappa shape index (κ1) is 10.6. The highest BCUT2D eigenvalue weighted by atomic mass is 16.3. The number of aliphatic hydroxyl groups excluding tert-OH is 1. The van der Waals surface area contributed by atoms with Gasteiger partial charge in [-0.25, -0.2) is 0 Å². The first-order valence-electron chi connectivity index (χ1n) is 3.42. The van der Waals surface area contributed by atoms with E-state index in [1.165, 1.54) is 6.92 Å². The predicted molar refractivity (Wildman–Crippen MR) is 39.9 cm³/mol. The Labute approximate surface area is 70.0 Å². The maximum absolute atomic E-state index is 10.9. The quantitative estimate of drug-likeness (QED) is 0.520. The molecule has 0 aromatic rings. The summed E-state index contributed by atoms with van der Waals surface area (Å²) in [5, 5.41) is 18.9. The molecule has 1 unspecified atom stereocenters. The van der Waals surface area contributed by atoms with Crippen LogP contribution in [0.15, 0.2) is 0 Å². The van der Waals surface area contributed by atoms with Crippen LogP contribution in [0.1, 0.15) is 6.92 Å². The zero-order chi connectivity index (χ0) is 9.56. The second-order valence-electron chi connectivity index (χ2n) is 2.19. The largest absolute Gasteiger partial charge is 0.395 e. The molecular weight excluding hydrogens is 160 g/mol. The van der Waals surface area contributed by atoms with Crippen molar-refractivity contribution < 1.29 is 14.7 Å². The van der Waals surface area contributed by atoms with Gasteiger partial charge in [0.1, 0.15) is 0 Å². The molecule has 0 bridgehead atoms.